The molecular formula is C19H22N4O9S. The molecule has 1 aromatic carbocycles. The number of nitrogens with two attached hydrogens (primary N) is 1. The van der Waals surface area contributed by atoms with E-state index in [4.69, 9.17) is 24.1 Å². The van der Waals surface area contributed by atoms with Gasteiger partial charge in [-0.1, -0.05) is 17.3 Å². The minimum Gasteiger partial charge on any atom is -0.456 e. The average molecular weight is 482 g/mol. The Kier molecular flexibility index (Phi) is 7.09. The number of nitrogens with zero attached hydrogens (tertiary/aromatic N) is 3. The Morgan fingerprint density at radius 2 is 1.58 bits per heavy atom. The summed E-state index contributed by atoms with van der Waals surface area (Å²) < 4.78 is 46.1. The number of hydrogen-bond acceptors (Lipinski definition) is 11. The Morgan fingerprint density at radius 1 is 1.00 bits per heavy atom. The maximum absolute atomic E-state index is 11.8. The number of rotatable bonds is 6. The van der Waals surface area contributed by atoms with E-state index < -0.39 is 52.5 Å². The Balaban J connectivity index is 2.01. The molecule has 3 rings (SSSR count). The fraction of sp³-hybridized carbons (Fsp3) is 0.421. The van der Waals surface area contributed by atoms with Crippen molar-refractivity contribution in [3.8, 4) is 11.3 Å². The molecule has 2 aromatic rings. The van der Waals surface area contributed by atoms with Gasteiger partial charge in [-0.15, -0.1) is 5.10 Å². The Labute approximate surface area is 188 Å². The molecule has 2 N–H and O–H groups in total. The summed E-state index contributed by atoms with van der Waals surface area (Å²) in [5, 5.41) is 13.0. The van der Waals surface area contributed by atoms with Crippen molar-refractivity contribution in [2.75, 3.05) is 6.61 Å². The first-order chi connectivity index (χ1) is 15.5. The molecule has 0 amide bonds. The van der Waals surface area contributed by atoms with Gasteiger partial charge in [0.25, 0.3) is 0 Å². The number of hydrogen-bond donors (Lipinski definition) is 1. The molecule has 0 saturated carbocycles. The lowest BCUT2D eigenvalue weighted by atomic mass is 10.0. The molecule has 0 aliphatic carbocycles. The van der Waals surface area contributed by atoms with Gasteiger partial charge in [0.1, 0.15) is 0 Å². The molecule has 0 spiro atoms. The van der Waals surface area contributed by atoms with Crippen LogP contribution >= 0.6 is 0 Å². The second kappa shape index (κ2) is 9.64. The third-order valence-corrected chi connectivity index (χ3v) is 5.55. The lowest BCUT2D eigenvalue weighted by Gasteiger charge is -2.40. The summed E-state index contributed by atoms with van der Waals surface area (Å²) in [5.74, 6) is -2.03. The van der Waals surface area contributed by atoms with Crippen molar-refractivity contribution in [2.24, 2.45) is 5.14 Å². The van der Waals surface area contributed by atoms with Crippen LogP contribution in [0.3, 0.4) is 0 Å². The molecule has 2 heterocycles. The van der Waals surface area contributed by atoms with E-state index in [-0.39, 0.29) is 11.5 Å². The van der Waals surface area contributed by atoms with Crippen molar-refractivity contribution in [2.45, 2.75) is 50.2 Å². The van der Waals surface area contributed by atoms with Crippen LogP contribution in [0.1, 0.15) is 27.0 Å². The smallest absolute Gasteiger partial charge is 0.303 e. The zero-order valence-electron chi connectivity index (χ0n) is 17.9. The topological polar surface area (TPSA) is 179 Å². The third kappa shape index (κ3) is 5.71. The summed E-state index contributed by atoms with van der Waals surface area (Å²) in [4.78, 5) is 35.0. The molecular weight excluding hydrogens is 460 g/mol. The normalized spacial score (nSPS) is 22.9. The summed E-state index contributed by atoms with van der Waals surface area (Å²) in [7, 11) is -3.89. The van der Waals surface area contributed by atoms with Crippen LogP contribution in [0.25, 0.3) is 11.3 Å². The van der Waals surface area contributed by atoms with E-state index >= 15 is 0 Å². The minimum atomic E-state index is -3.89. The maximum atomic E-state index is 11.8. The van der Waals surface area contributed by atoms with E-state index in [1.807, 2.05) is 0 Å². The van der Waals surface area contributed by atoms with Crippen molar-refractivity contribution in [3.63, 3.8) is 0 Å². The molecule has 0 radical (unpaired) electrons. The largest absolute Gasteiger partial charge is 0.456 e. The number of primary sulfonamides is 1. The van der Waals surface area contributed by atoms with Gasteiger partial charge >= 0.3 is 17.9 Å². The first-order valence-corrected chi connectivity index (χ1v) is 11.2. The lowest BCUT2D eigenvalue weighted by Crippen LogP contribution is -2.55. The zero-order valence-corrected chi connectivity index (χ0v) is 18.7. The van der Waals surface area contributed by atoms with Crippen LogP contribution in [-0.4, -0.2) is 66.2 Å². The summed E-state index contributed by atoms with van der Waals surface area (Å²) in [5.41, 5.74) is 0.884. The molecule has 1 fully saturated rings. The molecule has 0 unspecified atom stereocenters. The Bertz CT molecular complexity index is 1150. The maximum Gasteiger partial charge on any atom is 0.303 e. The average Bonchev–Trinajstić information content (AvgIpc) is 3.18. The van der Waals surface area contributed by atoms with Crippen molar-refractivity contribution in [1.82, 2.24) is 15.0 Å². The fourth-order valence-corrected chi connectivity index (χ4v) is 3.90. The highest BCUT2D eigenvalue weighted by atomic mass is 32.2. The van der Waals surface area contributed by atoms with Crippen molar-refractivity contribution >= 4 is 27.9 Å². The predicted molar refractivity (Wildman–Crippen MR) is 108 cm³/mol. The molecule has 13 nitrogen and oxygen atoms in total. The number of aromatic nitrogens is 3. The standard InChI is InChI=1S/C19H22N4O9S/c1-10(24)30-16-9-29-19(18(32-12(3)26)17(16)31-11(2)25)23-15(8-21-22-23)13-4-6-14(7-5-13)33(20,27)28/h4-8,16-19H,9H2,1-3H3,(H2,20,27,28)/t16-,17-,18+,19-/m1/s1. The monoisotopic (exact) mass is 482 g/mol. The molecule has 33 heavy (non-hydrogen) atoms. The van der Waals surface area contributed by atoms with E-state index in [0.29, 0.717) is 11.3 Å². The van der Waals surface area contributed by atoms with Gasteiger partial charge < -0.3 is 18.9 Å². The molecule has 0 bridgehead atoms. The van der Waals surface area contributed by atoms with Crippen LogP contribution in [0.2, 0.25) is 0 Å². The number of benzene rings is 1. The minimum absolute atomic E-state index is 0.0869. The van der Waals surface area contributed by atoms with Crippen LogP contribution in [0.4, 0.5) is 0 Å². The van der Waals surface area contributed by atoms with Crippen molar-refractivity contribution in [1.29, 1.82) is 0 Å². The first-order valence-electron chi connectivity index (χ1n) is 9.64. The number of ether oxygens (including phenoxy) is 4. The summed E-state index contributed by atoms with van der Waals surface area (Å²) >= 11 is 0. The van der Waals surface area contributed by atoms with Crippen molar-refractivity contribution in [3.05, 3.63) is 30.5 Å². The fourth-order valence-electron chi connectivity index (χ4n) is 3.39. The molecule has 1 aromatic heterocycles. The van der Waals surface area contributed by atoms with Gasteiger partial charge in [0.05, 0.1) is 23.4 Å². The van der Waals surface area contributed by atoms with E-state index in [2.05, 4.69) is 10.3 Å². The number of carbonyl (C=O) groups is 3. The van der Waals surface area contributed by atoms with Crippen LogP contribution in [-0.2, 0) is 43.4 Å². The highest BCUT2D eigenvalue weighted by Crippen LogP contribution is 2.33. The molecule has 1 aliphatic rings. The molecule has 4 atom stereocenters. The van der Waals surface area contributed by atoms with E-state index in [1.54, 1.807) is 0 Å². The Morgan fingerprint density at radius 3 is 2.12 bits per heavy atom. The summed E-state index contributed by atoms with van der Waals surface area (Å²) in [6, 6.07) is 5.60. The molecule has 1 aliphatic heterocycles. The SMILES string of the molecule is CC(=O)O[C@H]1[C@H](OC(C)=O)[C@H](OC(C)=O)CO[C@H]1n1nncc1-c1ccc(S(N)(=O)=O)cc1. The van der Waals surface area contributed by atoms with E-state index in [9.17, 15) is 22.8 Å². The molecule has 14 heteroatoms. The first kappa shape index (κ1) is 24.3. The molecule has 1 saturated heterocycles. The second-order valence-electron chi connectivity index (χ2n) is 7.15. The summed E-state index contributed by atoms with van der Waals surface area (Å²) in [6.07, 6.45) is -3.18. The van der Waals surface area contributed by atoms with Gasteiger partial charge in [-0.3, -0.25) is 14.4 Å². The highest BCUT2D eigenvalue weighted by molar-refractivity contribution is 7.89. The third-order valence-electron chi connectivity index (χ3n) is 4.62. The van der Waals surface area contributed by atoms with E-state index in [0.717, 1.165) is 13.8 Å². The van der Waals surface area contributed by atoms with E-state index in [1.165, 1.54) is 42.1 Å². The van der Waals surface area contributed by atoms with Crippen LogP contribution < -0.4 is 5.14 Å². The van der Waals surface area contributed by atoms with Crippen LogP contribution in [0.15, 0.2) is 35.4 Å². The lowest BCUT2D eigenvalue weighted by molar-refractivity contribution is -0.241. The van der Waals surface area contributed by atoms with Crippen molar-refractivity contribution < 1.29 is 41.7 Å². The highest BCUT2D eigenvalue weighted by Gasteiger charge is 2.48. The van der Waals surface area contributed by atoms with Gasteiger partial charge in [0.15, 0.2) is 24.5 Å². The van der Waals surface area contributed by atoms with Gasteiger partial charge in [-0.2, -0.15) is 0 Å². The predicted octanol–water partition coefficient (Wildman–Crippen LogP) is -0.0836. The second-order valence-corrected chi connectivity index (χ2v) is 8.71. The van der Waals surface area contributed by atoms with Crippen LogP contribution in [0, 0.1) is 0 Å². The number of sulfonamides is 1. The van der Waals surface area contributed by atoms with Gasteiger partial charge in [-0.25, -0.2) is 18.2 Å². The van der Waals surface area contributed by atoms with Gasteiger partial charge in [0.2, 0.25) is 10.0 Å². The number of carbonyl (C=O) groups excluding carboxylic acids is 3. The quantitative estimate of drug-likeness (QED) is 0.430. The van der Waals surface area contributed by atoms with Crippen LogP contribution in [0.5, 0.6) is 0 Å². The van der Waals surface area contributed by atoms with Gasteiger partial charge in [0, 0.05) is 26.3 Å². The summed E-state index contributed by atoms with van der Waals surface area (Å²) in [6.45, 7) is 3.31. The Hall–Kier alpha value is -3.36. The molecule has 178 valence electrons. The zero-order chi connectivity index (χ0) is 24.3. The van der Waals surface area contributed by atoms with Gasteiger partial charge in [-0.05, 0) is 12.1 Å². The number of esters is 3.